The number of rotatable bonds is 6. The van der Waals surface area contributed by atoms with Crippen LogP contribution in [0.15, 0.2) is 36.5 Å². The number of methoxy groups -OCH3 is 1. The van der Waals surface area contributed by atoms with Crippen LogP contribution in [0, 0.1) is 6.92 Å². The Kier molecular flexibility index (Phi) is 5.02. The molecule has 0 unspecified atom stereocenters. The average molecular weight is 279 g/mol. The van der Waals surface area contributed by atoms with Gasteiger partial charge >= 0.3 is 0 Å². The lowest BCUT2D eigenvalue weighted by atomic mass is 10.2. The van der Waals surface area contributed by atoms with Crippen molar-refractivity contribution in [3.05, 3.63) is 52.8 Å². The minimum absolute atomic E-state index is 0.723. The fourth-order valence-corrected chi connectivity index (χ4v) is 2.30. The fraction of sp³-hybridized carbons (Fsp3) is 0.333. The molecule has 1 N–H and O–H groups in total. The number of benzene rings is 1. The summed E-state index contributed by atoms with van der Waals surface area (Å²) in [6.45, 7) is 4.46. The van der Waals surface area contributed by atoms with Gasteiger partial charge in [-0.2, -0.15) is 0 Å². The lowest BCUT2D eigenvalue weighted by Gasteiger charge is -2.13. The molecular weight excluding hydrogens is 260 g/mol. The molecule has 3 nitrogen and oxygen atoms in total. The van der Waals surface area contributed by atoms with Crippen LogP contribution in [0.3, 0.4) is 0 Å². The van der Waals surface area contributed by atoms with Crippen molar-refractivity contribution in [1.82, 2.24) is 9.88 Å². The molecule has 102 valence electrons. The second-order valence-electron chi connectivity index (χ2n) is 4.47. The highest BCUT2D eigenvalue weighted by molar-refractivity contribution is 6.30. The zero-order chi connectivity index (χ0) is 13.7. The summed E-state index contributed by atoms with van der Waals surface area (Å²) in [5.74, 6) is 0. The number of aromatic nitrogens is 1. The number of nitrogens with zero attached hydrogens (tertiary/aromatic N) is 1. The summed E-state index contributed by atoms with van der Waals surface area (Å²) in [6.07, 6.45) is 2.07. The third-order valence-corrected chi connectivity index (χ3v) is 3.28. The van der Waals surface area contributed by atoms with E-state index in [1.807, 2.05) is 12.1 Å². The Hall–Kier alpha value is -1.29. The maximum Gasteiger partial charge on any atom is 0.0587 e. The zero-order valence-electron chi connectivity index (χ0n) is 11.3. The van der Waals surface area contributed by atoms with Crippen LogP contribution in [0.5, 0.6) is 0 Å². The van der Waals surface area contributed by atoms with Crippen molar-refractivity contribution in [3.63, 3.8) is 0 Å². The van der Waals surface area contributed by atoms with E-state index in [-0.39, 0.29) is 0 Å². The predicted octanol–water partition coefficient (Wildman–Crippen LogP) is 3.18. The summed E-state index contributed by atoms with van der Waals surface area (Å²) >= 11 is 6.00. The largest absolute Gasteiger partial charge is 0.383 e. The van der Waals surface area contributed by atoms with Gasteiger partial charge in [-0.15, -0.1) is 0 Å². The molecule has 4 heteroatoms. The summed E-state index contributed by atoms with van der Waals surface area (Å²) in [5.41, 5.74) is 3.56. The van der Waals surface area contributed by atoms with Gasteiger partial charge in [0, 0.05) is 42.8 Å². The third kappa shape index (κ3) is 3.60. The normalized spacial score (nSPS) is 10.9. The molecule has 2 rings (SSSR count). The van der Waals surface area contributed by atoms with Gasteiger partial charge in [0.2, 0.25) is 0 Å². The molecule has 0 fully saturated rings. The van der Waals surface area contributed by atoms with Gasteiger partial charge in [0.25, 0.3) is 0 Å². The topological polar surface area (TPSA) is 26.2 Å². The molecule has 0 saturated carbocycles. The Morgan fingerprint density at radius 3 is 2.89 bits per heavy atom. The van der Waals surface area contributed by atoms with E-state index < -0.39 is 0 Å². The van der Waals surface area contributed by atoms with Gasteiger partial charge in [-0.05, 0) is 42.8 Å². The zero-order valence-corrected chi connectivity index (χ0v) is 12.1. The monoisotopic (exact) mass is 278 g/mol. The molecule has 0 atom stereocenters. The van der Waals surface area contributed by atoms with Gasteiger partial charge < -0.3 is 14.6 Å². The highest BCUT2D eigenvalue weighted by atomic mass is 35.5. The maximum atomic E-state index is 6.00. The van der Waals surface area contributed by atoms with Crippen molar-refractivity contribution < 1.29 is 4.74 Å². The second kappa shape index (κ2) is 6.75. The minimum atomic E-state index is 0.723. The van der Waals surface area contributed by atoms with Crippen LogP contribution in [-0.4, -0.2) is 24.8 Å². The van der Waals surface area contributed by atoms with E-state index in [0.717, 1.165) is 30.4 Å². The van der Waals surface area contributed by atoms with E-state index in [9.17, 15) is 0 Å². The molecule has 0 spiro atoms. The second-order valence-corrected chi connectivity index (χ2v) is 4.91. The van der Waals surface area contributed by atoms with Gasteiger partial charge in [0.1, 0.15) is 0 Å². The first-order chi connectivity index (χ1) is 9.22. The fourth-order valence-electron chi connectivity index (χ4n) is 2.08. The van der Waals surface area contributed by atoms with E-state index in [2.05, 4.69) is 41.2 Å². The Bertz CT molecular complexity index is 537. The molecule has 0 saturated heterocycles. The van der Waals surface area contributed by atoms with Gasteiger partial charge in [-0.3, -0.25) is 0 Å². The van der Waals surface area contributed by atoms with Crippen molar-refractivity contribution in [2.75, 3.05) is 20.3 Å². The number of nitrogens with one attached hydrogen (secondary N) is 1. The molecule has 0 aliphatic rings. The Balaban J connectivity index is 2.14. The number of halogens is 1. The summed E-state index contributed by atoms with van der Waals surface area (Å²) in [5, 5.41) is 4.13. The van der Waals surface area contributed by atoms with Crippen molar-refractivity contribution in [1.29, 1.82) is 0 Å². The predicted molar refractivity (Wildman–Crippen MR) is 79.1 cm³/mol. The summed E-state index contributed by atoms with van der Waals surface area (Å²) in [6, 6.07) is 10.1. The molecule has 0 radical (unpaired) electrons. The molecule has 19 heavy (non-hydrogen) atoms. The average Bonchev–Trinajstić information content (AvgIpc) is 2.83. The Morgan fingerprint density at radius 1 is 1.32 bits per heavy atom. The van der Waals surface area contributed by atoms with Crippen LogP contribution in [0.1, 0.15) is 11.3 Å². The van der Waals surface area contributed by atoms with Crippen LogP contribution in [0.4, 0.5) is 0 Å². The van der Waals surface area contributed by atoms with E-state index in [1.54, 1.807) is 7.11 Å². The number of aryl methyl sites for hydroxylation is 1. The van der Waals surface area contributed by atoms with Crippen LogP contribution >= 0.6 is 11.6 Å². The molecule has 1 aromatic carbocycles. The maximum absolute atomic E-state index is 6.00. The number of ether oxygens (including phenoxy) is 1. The molecule has 0 bridgehead atoms. The summed E-state index contributed by atoms with van der Waals surface area (Å²) in [4.78, 5) is 0. The highest BCUT2D eigenvalue weighted by Gasteiger charge is 2.06. The van der Waals surface area contributed by atoms with Crippen LogP contribution in [-0.2, 0) is 11.3 Å². The summed E-state index contributed by atoms with van der Waals surface area (Å²) < 4.78 is 7.21. The standard InChI is InChI=1S/C15H19ClN2O/c1-12-10-13(16)5-6-15(12)18-8-3-4-14(18)11-17-7-9-19-2/h3-6,8,10,17H,7,9,11H2,1-2H3. The SMILES string of the molecule is COCCNCc1cccn1-c1ccc(Cl)cc1C. The van der Waals surface area contributed by atoms with Gasteiger partial charge in [-0.1, -0.05) is 11.6 Å². The molecule has 0 amide bonds. The van der Waals surface area contributed by atoms with Crippen LogP contribution in [0.25, 0.3) is 5.69 Å². The van der Waals surface area contributed by atoms with Crippen LogP contribution in [0.2, 0.25) is 5.02 Å². The lowest BCUT2D eigenvalue weighted by molar-refractivity contribution is 0.199. The van der Waals surface area contributed by atoms with Gasteiger partial charge in [-0.25, -0.2) is 0 Å². The first-order valence-corrected chi connectivity index (χ1v) is 6.72. The lowest BCUT2D eigenvalue weighted by Crippen LogP contribution is -2.20. The van der Waals surface area contributed by atoms with E-state index >= 15 is 0 Å². The molecule has 2 aromatic rings. The quantitative estimate of drug-likeness (QED) is 0.822. The van der Waals surface area contributed by atoms with Crippen molar-refractivity contribution >= 4 is 11.6 Å². The van der Waals surface area contributed by atoms with Gasteiger partial charge in [0.05, 0.1) is 6.61 Å². The van der Waals surface area contributed by atoms with Crippen LogP contribution < -0.4 is 5.32 Å². The number of hydrogen-bond donors (Lipinski definition) is 1. The molecule has 0 aliphatic carbocycles. The molecule has 1 aromatic heterocycles. The first-order valence-electron chi connectivity index (χ1n) is 6.35. The van der Waals surface area contributed by atoms with E-state index in [4.69, 9.17) is 16.3 Å². The Morgan fingerprint density at radius 2 is 2.16 bits per heavy atom. The molecule has 0 aliphatic heterocycles. The summed E-state index contributed by atoms with van der Waals surface area (Å²) in [7, 11) is 1.71. The van der Waals surface area contributed by atoms with E-state index in [1.165, 1.54) is 11.3 Å². The van der Waals surface area contributed by atoms with Gasteiger partial charge in [0.15, 0.2) is 0 Å². The van der Waals surface area contributed by atoms with Crippen molar-refractivity contribution in [2.24, 2.45) is 0 Å². The van der Waals surface area contributed by atoms with Crippen molar-refractivity contribution in [2.45, 2.75) is 13.5 Å². The highest BCUT2D eigenvalue weighted by Crippen LogP contribution is 2.20. The van der Waals surface area contributed by atoms with E-state index in [0.29, 0.717) is 0 Å². The first kappa shape index (κ1) is 14.1. The number of hydrogen-bond acceptors (Lipinski definition) is 2. The third-order valence-electron chi connectivity index (χ3n) is 3.04. The minimum Gasteiger partial charge on any atom is -0.383 e. The molecule has 1 heterocycles. The van der Waals surface area contributed by atoms with Crippen molar-refractivity contribution in [3.8, 4) is 5.69 Å². The smallest absolute Gasteiger partial charge is 0.0587 e. The Labute approximate surface area is 119 Å². The molecular formula is C15H19ClN2O.